The molecule has 2 nitrogen and oxygen atoms in total. The lowest BCUT2D eigenvalue weighted by molar-refractivity contribution is 0.978. The highest BCUT2D eigenvalue weighted by molar-refractivity contribution is 5.75. The lowest BCUT2D eigenvalue weighted by Gasteiger charge is -2.26. The van der Waals surface area contributed by atoms with Crippen LogP contribution in [0.4, 0.5) is 11.4 Å². The van der Waals surface area contributed by atoms with E-state index in [1.807, 2.05) is 24.4 Å². The van der Waals surface area contributed by atoms with Crippen LogP contribution in [0.2, 0.25) is 0 Å². The zero-order valence-electron chi connectivity index (χ0n) is 15.3. The molecule has 0 amide bonds. The van der Waals surface area contributed by atoms with Crippen LogP contribution in [0.25, 0.3) is 17.3 Å². The minimum atomic E-state index is 0.835. The standard InChI is InChI=1S/C25H22N2/c1-3-19(2)27(23-13-5-4-6-14-23)24-15-9-12-21(16-24)25-17-20-10-7-8-11-22(20)18-26-25/h3-6,8-9,11-18H,1-2,7,10H2. The molecular formula is C25H22N2. The van der Waals surface area contributed by atoms with E-state index >= 15 is 0 Å². The molecule has 0 fully saturated rings. The second-order valence-corrected chi connectivity index (χ2v) is 6.63. The van der Waals surface area contributed by atoms with Crippen LogP contribution in [-0.4, -0.2) is 4.98 Å². The maximum Gasteiger partial charge on any atom is 0.0705 e. The van der Waals surface area contributed by atoms with Crippen molar-refractivity contribution < 1.29 is 0 Å². The highest BCUT2D eigenvalue weighted by atomic mass is 15.1. The second-order valence-electron chi connectivity index (χ2n) is 6.63. The van der Waals surface area contributed by atoms with Gasteiger partial charge in [-0.05, 0) is 60.4 Å². The summed E-state index contributed by atoms with van der Waals surface area (Å²) in [5.41, 5.74) is 7.63. The lowest BCUT2D eigenvalue weighted by Crippen LogP contribution is -2.14. The molecule has 1 aliphatic carbocycles. The molecule has 0 bridgehead atoms. The van der Waals surface area contributed by atoms with Crippen LogP contribution in [0.3, 0.4) is 0 Å². The van der Waals surface area contributed by atoms with E-state index in [9.17, 15) is 0 Å². The Labute approximate surface area is 160 Å². The van der Waals surface area contributed by atoms with Gasteiger partial charge >= 0.3 is 0 Å². The summed E-state index contributed by atoms with van der Waals surface area (Å²) in [4.78, 5) is 6.80. The van der Waals surface area contributed by atoms with Crippen LogP contribution in [0.15, 0.2) is 97.9 Å². The predicted molar refractivity (Wildman–Crippen MR) is 115 cm³/mol. The van der Waals surface area contributed by atoms with Gasteiger partial charge in [-0.2, -0.15) is 0 Å². The summed E-state index contributed by atoms with van der Waals surface area (Å²) in [6.45, 7) is 8.07. The van der Waals surface area contributed by atoms with Crippen LogP contribution in [-0.2, 0) is 6.42 Å². The number of fused-ring (bicyclic) bond motifs is 1. The molecule has 0 spiro atoms. The van der Waals surface area contributed by atoms with Crippen LogP contribution in [0.5, 0.6) is 0 Å². The van der Waals surface area contributed by atoms with Crippen molar-refractivity contribution in [2.75, 3.05) is 4.90 Å². The number of hydrogen-bond acceptors (Lipinski definition) is 2. The fourth-order valence-electron chi connectivity index (χ4n) is 3.43. The molecule has 0 saturated carbocycles. The summed E-state index contributed by atoms with van der Waals surface area (Å²) in [6, 6.07) is 20.9. The van der Waals surface area contributed by atoms with E-state index in [4.69, 9.17) is 0 Å². The van der Waals surface area contributed by atoms with Gasteiger partial charge < -0.3 is 4.90 Å². The van der Waals surface area contributed by atoms with Crippen molar-refractivity contribution in [1.29, 1.82) is 0 Å². The van der Waals surface area contributed by atoms with Gasteiger partial charge in [0.2, 0.25) is 0 Å². The second kappa shape index (κ2) is 7.46. The van der Waals surface area contributed by atoms with E-state index in [-0.39, 0.29) is 0 Å². The summed E-state index contributed by atoms with van der Waals surface area (Å²) in [6.07, 6.45) is 10.3. The third-order valence-corrected chi connectivity index (χ3v) is 4.84. The SMILES string of the molecule is C=CC(=C)N(c1ccccc1)c1cccc(-c2cc3c(cn2)C=CCC3)c1. The van der Waals surface area contributed by atoms with Gasteiger partial charge in [0.15, 0.2) is 0 Å². The quantitative estimate of drug-likeness (QED) is 0.485. The maximum atomic E-state index is 4.69. The van der Waals surface area contributed by atoms with Gasteiger partial charge in [-0.3, -0.25) is 4.98 Å². The van der Waals surface area contributed by atoms with Crippen LogP contribution in [0.1, 0.15) is 17.5 Å². The molecule has 2 heteroatoms. The Hall–Kier alpha value is -3.39. The molecule has 0 radical (unpaired) electrons. The Bertz CT molecular complexity index is 1020. The Kier molecular flexibility index (Phi) is 4.71. The van der Waals surface area contributed by atoms with Crippen LogP contribution in [0, 0.1) is 0 Å². The van der Waals surface area contributed by atoms with E-state index in [1.54, 1.807) is 6.08 Å². The van der Waals surface area contributed by atoms with Crippen molar-refractivity contribution in [2.45, 2.75) is 12.8 Å². The van der Waals surface area contributed by atoms with Crippen molar-refractivity contribution in [1.82, 2.24) is 4.98 Å². The Morgan fingerprint density at radius 2 is 1.81 bits per heavy atom. The van der Waals surface area contributed by atoms with Crippen molar-refractivity contribution in [3.8, 4) is 11.3 Å². The summed E-state index contributed by atoms with van der Waals surface area (Å²) in [5, 5.41) is 0. The molecule has 0 saturated heterocycles. The zero-order valence-corrected chi connectivity index (χ0v) is 15.3. The third-order valence-electron chi connectivity index (χ3n) is 4.84. The first kappa shape index (κ1) is 17.0. The van der Waals surface area contributed by atoms with Gasteiger partial charge in [-0.25, -0.2) is 0 Å². The number of aromatic nitrogens is 1. The monoisotopic (exact) mass is 350 g/mol. The fraction of sp³-hybridized carbons (Fsp3) is 0.0800. The van der Waals surface area contributed by atoms with E-state index in [2.05, 4.69) is 77.7 Å². The van der Waals surface area contributed by atoms with Crippen molar-refractivity contribution in [3.63, 3.8) is 0 Å². The number of anilines is 2. The normalized spacial score (nSPS) is 12.3. The topological polar surface area (TPSA) is 16.1 Å². The van der Waals surface area contributed by atoms with Crippen LogP contribution >= 0.6 is 0 Å². The van der Waals surface area contributed by atoms with Gasteiger partial charge in [-0.1, -0.05) is 55.6 Å². The first-order chi connectivity index (χ1) is 13.3. The Morgan fingerprint density at radius 1 is 1.00 bits per heavy atom. The number of benzene rings is 2. The van der Waals surface area contributed by atoms with Crippen molar-refractivity contribution in [2.24, 2.45) is 0 Å². The van der Waals surface area contributed by atoms with E-state index < -0.39 is 0 Å². The molecule has 132 valence electrons. The van der Waals surface area contributed by atoms with E-state index in [0.29, 0.717) is 0 Å². The molecule has 0 aliphatic heterocycles. The van der Waals surface area contributed by atoms with Gasteiger partial charge in [0.05, 0.1) is 5.69 Å². The summed E-state index contributed by atoms with van der Waals surface area (Å²) < 4.78 is 0. The maximum absolute atomic E-state index is 4.69. The average molecular weight is 350 g/mol. The van der Waals surface area contributed by atoms with Gasteiger partial charge in [-0.15, -0.1) is 0 Å². The van der Waals surface area contributed by atoms with Gasteiger partial charge in [0, 0.05) is 28.8 Å². The summed E-state index contributed by atoms with van der Waals surface area (Å²) >= 11 is 0. The highest BCUT2D eigenvalue weighted by Gasteiger charge is 2.13. The zero-order chi connectivity index (χ0) is 18.6. The number of pyridine rings is 1. The highest BCUT2D eigenvalue weighted by Crippen LogP contribution is 2.33. The van der Waals surface area contributed by atoms with Gasteiger partial charge in [0.25, 0.3) is 0 Å². The molecular weight excluding hydrogens is 328 g/mol. The fourth-order valence-corrected chi connectivity index (χ4v) is 3.43. The first-order valence-electron chi connectivity index (χ1n) is 9.18. The minimum Gasteiger partial charge on any atom is -0.311 e. The largest absolute Gasteiger partial charge is 0.311 e. The molecule has 0 unspecified atom stereocenters. The molecule has 4 rings (SSSR count). The molecule has 2 aromatic carbocycles. The first-order valence-corrected chi connectivity index (χ1v) is 9.18. The number of allylic oxidation sites excluding steroid dienone is 2. The number of para-hydroxylation sites is 1. The number of hydrogen-bond donors (Lipinski definition) is 0. The van der Waals surface area contributed by atoms with Gasteiger partial charge in [0.1, 0.15) is 0 Å². The summed E-state index contributed by atoms with van der Waals surface area (Å²) in [5.74, 6) is 0. The number of rotatable bonds is 5. The van der Waals surface area contributed by atoms with Crippen molar-refractivity contribution >= 4 is 17.5 Å². The molecule has 0 atom stereocenters. The number of nitrogens with zero attached hydrogens (tertiary/aromatic N) is 2. The minimum absolute atomic E-state index is 0.835. The molecule has 3 aromatic rings. The third kappa shape index (κ3) is 3.47. The van der Waals surface area contributed by atoms with E-state index in [1.165, 1.54) is 11.1 Å². The summed E-state index contributed by atoms with van der Waals surface area (Å²) in [7, 11) is 0. The predicted octanol–water partition coefficient (Wildman–Crippen LogP) is 6.55. The molecule has 1 aromatic heterocycles. The van der Waals surface area contributed by atoms with Crippen molar-refractivity contribution in [3.05, 3.63) is 109 Å². The average Bonchev–Trinajstić information content (AvgIpc) is 2.74. The molecule has 0 N–H and O–H groups in total. The Balaban J connectivity index is 1.76. The van der Waals surface area contributed by atoms with Crippen LogP contribution < -0.4 is 4.90 Å². The molecule has 1 aliphatic rings. The Morgan fingerprint density at radius 3 is 2.63 bits per heavy atom. The molecule has 27 heavy (non-hydrogen) atoms. The smallest absolute Gasteiger partial charge is 0.0705 e. The number of aryl methyl sites for hydroxylation is 1. The lowest BCUT2D eigenvalue weighted by atomic mass is 9.97. The van der Waals surface area contributed by atoms with E-state index in [0.717, 1.165) is 41.2 Å². The molecule has 1 heterocycles.